The Morgan fingerprint density at radius 2 is 2.43 bits per heavy atom. The van der Waals surface area contributed by atoms with Gasteiger partial charge in [-0.1, -0.05) is 0 Å². The van der Waals surface area contributed by atoms with Gasteiger partial charge in [0.05, 0.1) is 7.11 Å². The van der Waals surface area contributed by atoms with Gasteiger partial charge in [0.2, 0.25) is 11.8 Å². The Labute approximate surface area is 88.5 Å². The van der Waals surface area contributed by atoms with Gasteiger partial charge in [-0.3, -0.25) is 0 Å². The van der Waals surface area contributed by atoms with E-state index in [-0.39, 0.29) is 0 Å². The highest BCUT2D eigenvalue weighted by molar-refractivity contribution is 7.98. The predicted octanol–water partition coefficient (Wildman–Crippen LogP) is 1.65. The summed E-state index contributed by atoms with van der Waals surface area (Å²) in [4.78, 5) is 8.26. The van der Waals surface area contributed by atoms with Crippen LogP contribution in [0.25, 0.3) is 0 Å². The van der Waals surface area contributed by atoms with Crippen LogP contribution in [0.1, 0.15) is 6.92 Å². The second-order valence-corrected chi connectivity index (χ2v) is 3.83. The molecule has 1 heterocycles. The first kappa shape index (κ1) is 11.1. The Morgan fingerprint density at radius 3 is 3.07 bits per heavy atom. The van der Waals surface area contributed by atoms with E-state index in [1.807, 2.05) is 0 Å². The Morgan fingerprint density at radius 1 is 1.64 bits per heavy atom. The fraction of sp³-hybridized carbons (Fsp3) is 0.556. The number of rotatable bonds is 5. The summed E-state index contributed by atoms with van der Waals surface area (Å²) in [6.45, 7) is 2.10. The van der Waals surface area contributed by atoms with Crippen LogP contribution in [0, 0.1) is 0 Å². The highest BCUT2D eigenvalue weighted by atomic mass is 32.2. The number of thioether (sulfide) groups is 1. The van der Waals surface area contributed by atoms with Gasteiger partial charge in [-0.2, -0.15) is 16.7 Å². The van der Waals surface area contributed by atoms with Crippen molar-refractivity contribution in [3.63, 3.8) is 0 Å². The van der Waals surface area contributed by atoms with Crippen LogP contribution in [0.3, 0.4) is 0 Å². The van der Waals surface area contributed by atoms with E-state index in [0.717, 1.165) is 5.75 Å². The summed E-state index contributed by atoms with van der Waals surface area (Å²) in [5.41, 5.74) is 0. The molecule has 1 aromatic heterocycles. The zero-order chi connectivity index (χ0) is 10.4. The summed E-state index contributed by atoms with van der Waals surface area (Å²) in [6, 6.07) is 2.09. The molecule has 78 valence electrons. The lowest BCUT2D eigenvalue weighted by Gasteiger charge is -2.12. The number of anilines is 1. The molecule has 4 nitrogen and oxygen atoms in total. The fourth-order valence-corrected chi connectivity index (χ4v) is 1.62. The highest BCUT2D eigenvalue weighted by Crippen LogP contribution is 2.09. The Bertz CT molecular complexity index is 283. The SMILES string of the molecule is COc1ccnc(NC(C)CSC)n1. The maximum atomic E-state index is 5.00. The summed E-state index contributed by atoms with van der Waals surface area (Å²) < 4.78 is 5.00. The molecule has 0 saturated heterocycles. The maximum absolute atomic E-state index is 5.00. The van der Waals surface area contributed by atoms with Crippen molar-refractivity contribution in [1.82, 2.24) is 9.97 Å². The third-order valence-electron chi connectivity index (χ3n) is 1.63. The molecule has 0 bridgehead atoms. The first-order valence-electron chi connectivity index (χ1n) is 4.38. The van der Waals surface area contributed by atoms with E-state index in [0.29, 0.717) is 17.9 Å². The molecule has 0 amide bonds. The van der Waals surface area contributed by atoms with Gasteiger partial charge in [0.25, 0.3) is 0 Å². The number of aromatic nitrogens is 2. The third kappa shape index (κ3) is 3.41. The quantitative estimate of drug-likeness (QED) is 0.806. The number of nitrogens with zero attached hydrogens (tertiary/aromatic N) is 2. The smallest absolute Gasteiger partial charge is 0.226 e. The second kappa shape index (κ2) is 5.70. The molecule has 5 heteroatoms. The molecular formula is C9H15N3OS. The normalized spacial score (nSPS) is 12.2. The highest BCUT2D eigenvalue weighted by Gasteiger charge is 2.03. The van der Waals surface area contributed by atoms with Crippen molar-refractivity contribution in [3.05, 3.63) is 12.3 Å². The van der Waals surface area contributed by atoms with Crippen molar-refractivity contribution >= 4 is 17.7 Å². The molecule has 0 aromatic carbocycles. The molecule has 1 N–H and O–H groups in total. The third-order valence-corrected chi connectivity index (χ3v) is 2.46. The van der Waals surface area contributed by atoms with Crippen LogP contribution in [0.2, 0.25) is 0 Å². The van der Waals surface area contributed by atoms with E-state index in [1.54, 1.807) is 31.1 Å². The summed E-state index contributed by atoms with van der Waals surface area (Å²) in [7, 11) is 1.59. The molecule has 0 aliphatic rings. The first-order chi connectivity index (χ1) is 6.76. The van der Waals surface area contributed by atoms with Crippen LogP contribution in [0.5, 0.6) is 5.88 Å². The number of ether oxygens (including phenoxy) is 1. The molecular weight excluding hydrogens is 198 g/mol. The van der Waals surface area contributed by atoms with Crippen molar-refractivity contribution < 1.29 is 4.74 Å². The summed E-state index contributed by atoms with van der Waals surface area (Å²) >= 11 is 1.79. The summed E-state index contributed by atoms with van der Waals surface area (Å²) in [5.74, 6) is 2.23. The van der Waals surface area contributed by atoms with Crippen molar-refractivity contribution in [3.8, 4) is 5.88 Å². The summed E-state index contributed by atoms with van der Waals surface area (Å²) in [5, 5.41) is 3.19. The van der Waals surface area contributed by atoms with E-state index in [1.165, 1.54) is 0 Å². The van der Waals surface area contributed by atoms with Gasteiger partial charge in [0.15, 0.2) is 0 Å². The zero-order valence-electron chi connectivity index (χ0n) is 8.65. The zero-order valence-corrected chi connectivity index (χ0v) is 9.47. The van der Waals surface area contributed by atoms with Crippen LogP contribution >= 0.6 is 11.8 Å². The van der Waals surface area contributed by atoms with Crippen molar-refractivity contribution in [1.29, 1.82) is 0 Å². The molecule has 0 aliphatic carbocycles. The summed E-state index contributed by atoms with van der Waals surface area (Å²) in [6.07, 6.45) is 3.75. The number of hydrogen-bond acceptors (Lipinski definition) is 5. The van der Waals surface area contributed by atoms with Gasteiger partial charge in [-0.05, 0) is 13.2 Å². The van der Waals surface area contributed by atoms with Crippen LogP contribution in [-0.4, -0.2) is 35.1 Å². The minimum atomic E-state index is 0.358. The van der Waals surface area contributed by atoms with Crippen LogP contribution in [0.15, 0.2) is 12.3 Å². The van der Waals surface area contributed by atoms with Gasteiger partial charge in [-0.25, -0.2) is 4.98 Å². The second-order valence-electron chi connectivity index (χ2n) is 2.92. The Kier molecular flexibility index (Phi) is 4.52. The Balaban J connectivity index is 2.57. The average Bonchev–Trinajstić information content (AvgIpc) is 2.18. The molecule has 1 aromatic rings. The van der Waals surface area contributed by atoms with Crippen LogP contribution < -0.4 is 10.1 Å². The largest absolute Gasteiger partial charge is 0.481 e. The van der Waals surface area contributed by atoms with Gasteiger partial charge in [0, 0.05) is 24.1 Å². The van der Waals surface area contributed by atoms with E-state index < -0.39 is 0 Å². The monoisotopic (exact) mass is 213 g/mol. The minimum absolute atomic E-state index is 0.358. The van der Waals surface area contributed by atoms with E-state index in [4.69, 9.17) is 4.74 Å². The first-order valence-corrected chi connectivity index (χ1v) is 5.78. The topological polar surface area (TPSA) is 47.0 Å². The van der Waals surface area contributed by atoms with Crippen LogP contribution in [-0.2, 0) is 0 Å². The molecule has 1 unspecified atom stereocenters. The lowest BCUT2D eigenvalue weighted by Crippen LogP contribution is -2.19. The van der Waals surface area contributed by atoms with Gasteiger partial charge >= 0.3 is 0 Å². The van der Waals surface area contributed by atoms with E-state index >= 15 is 0 Å². The average molecular weight is 213 g/mol. The number of hydrogen-bond donors (Lipinski definition) is 1. The maximum Gasteiger partial charge on any atom is 0.226 e. The van der Waals surface area contributed by atoms with Crippen LogP contribution in [0.4, 0.5) is 5.95 Å². The van der Waals surface area contributed by atoms with Crippen molar-refractivity contribution in [2.24, 2.45) is 0 Å². The fourth-order valence-electron chi connectivity index (χ4n) is 1.04. The number of nitrogens with one attached hydrogen (secondary N) is 1. The molecule has 1 rings (SSSR count). The lowest BCUT2D eigenvalue weighted by atomic mass is 10.4. The molecule has 0 spiro atoms. The van der Waals surface area contributed by atoms with E-state index in [2.05, 4.69) is 28.5 Å². The van der Waals surface area contributed by atoms with Crippen molar-refractivity contribution in [2.45, 2.75) is 13.0 Å². The molecule has 0 radical (unpaired) electrons. The molecule has 0 fully saturated rings. The lowest BCUT2D eigenvalue weighted by molar-refractivity contribution is 0.397. The molecule has 0 aliphatic heterocycles. The Hall–Kier alpha value is -0.970. The van der Waals surface area contributed by atoms with E-state index in [9.17, 15) is 0 Å². The predicted molar refractivity (Wildman–Crippen MR) is 60.1 cm³/mol. The number of methoxy groups -OCH3 is 1. The standard InChI is InChI=1S/C9H15N3OS/c1-7(6-14-3)11-9-10-5-4-8(12-9)13-2/h4-5,7H,6H2,1-3H3,(H,10,11,12). The van der Waals surface area contributed by atoms with Gasteiger partial charge < -0.3 is 10.1 Å². The van der Waals surface area contributed by atoms with Gasteiger partial charge in [0.1, 0.15) is 0 Å². The molecule has 0 saturated carbocycles. The minimum Gasteiger partial charge on any atom is -0.481 e. The molecule has 14 heavy (non-hydrogen) atoms. The molecule has 1 atom stereocenters. The van der Waals surface area contributed by atoms with Crippen molar-refractivity contribution in [2.75, 3.05) is 24.4 Å². The van der Waals surface area contributed by atoms with Gasteiger partial charge in [-0.15, -0.1) is 0 Å².